The van der Waals surface area contributed by atoms with Crippen LogP contribution in [0.2, 0.25) is 0 Å². The van der Waals surface area contributed by atoms with E-state index in [9.17, 15) is 0 Å². The number of nitrogens with zero attached hydrogens (tertiary/aromatic N) is 1. The SMILES string of the molecule is Cc1cccc(-c2cnc[nH]2)c1C. The third kappa shape index (κ3) is 1.35. The highest BCUT2D eigenvalue weighted by Gasteiger charge is 2.03. The summed E-state index contributed by atoms with van der Waals surface area (Å²) in [5.74, 6) is 0. The number of aryl methyl sites for hydroxylation is 1. The molecule has 0 amide bonds. The van der Waals surface area contributed by atoms with E-state index < -0.39 is 0 Å². The minimum atomic E-state index is 1.08. The predicted molar refractivity (Wildman–Crippen MR) is 53.5 cm³/mol. The van der Waals surface area contributed by atoms with E-state index in [1.807, 2.05) is 6.20 Å². The molecule has 0 fully saturated rings. The van der Waals surface area contributed by atoms with Crippen molar-refractivity contribution in [1.82, 2.24) is 9.97 Å². The lowest BCUT2D eigenvalue weighted by molar-refractivity contribution is 1.29. The quantitative estimate of drug-likeness (QED) is 0.704. The molecule has 0 saturated heterocycles. The summed E-state index contributed by atoms with van der Waals surface area (Å²) in [6.07, 6.45) is 3.55. The summed E-state index contributed by atoms with van der Waals surface area (Å²) >= 11 is 0. The Balaban J connectivity index is 2.59. The van der Waals surface area contributed by atoms with Gasteiger partial charge in [-0.15, -0.1) is 0 Å². The lowest BCUT2D eigenvalue weighted by atomic mass is 10.0. The first-order valence-corrected chi connectivity index (χ1v) is 4.34. The molecule has 0 aliphatic heterocycles. The molecule has 2 nitrogen and oxygen atoms in total. The van der Waals surface area contributed by atoms with Crippen molar-refractivity contribution in [2.24, 2.45) is 0 Å². The normalized spacial score (nSPS) is 10.3. The standard InChI is InChI=1S/C11H12N2/c1-8-4-3-5-10(9(8)2)11-6-12-7-13-11/h3-7H,1-2H3,(H,12,13). The third-order valence-electron chi connectivity index (χ3n) is 2.39. The summed E-state index contributed by atoms with van der Waals surface area (Å²) < 4.78 is 0. The van der Waals surface area contributed by atoms with E-state index in [-0.39, 0.29) is 0 Å². The summed E-state index contributed by atoms with van der Waals surface area (Å²) in [6, 6.07) is 6.30. The maximum atomic E-state index is 4.01. The van der Waals surface area contributed by atoms with Crippen molar-refractivity contribution in [2.45, 2.75) is 13.8 Å². The molecule has 1 heterocycles. The Kier molecular flexibility index (Phi) is 1.89. The minimum absolute atomic E-state index is 1.08. The van der Waals surface area contributed by atoms with E-state index in [1.54, 1.807) is 6.33 Å². The number of hydrogen-bond donors (Lipinski definition) is 1. The molecule has 0 spiro atoms. The smallest absolute Gasteiger partial charge is 0.0924 e. The summed E-state index contributed by atoms with van der Waals surface area (Å²) in [7, 11) is 0. The molecule has 2 heteroatoms. The number of H-pyrrole nitrogens is 1. The first-order valence-electron chi connectivity index (χ1n) is 4.34. The highest BCUT2D eigenvalue weighted by Crippen LogP contribution is 2.22. The maximum absolute atomic E-state index is 4.01. The van der Waals surface area contributed by atoms with Crippen molar-refractivity contribution in [1.29, 1.82) is 0 Å². The molecule has 66 valence electrons. The van der Waals surface area contributed by atoms with Gasteiger partial charge >= 0.3 is 0 Å². The van der Waals surface area contributed by atoms with E-state index in [1.165, 1.54) is 16.7 Å². The van der Waals surface area contributed by atoms with Gasteiger partial charge in [0.15, 0.2) is 0 Å². The average molecular weight is 172 g/mol. The molecule has 1 aromatic heterocycles. The van der Waals surface area contributed by atoms with Gasteiger partial charge in [0.25, 0.3) is 0 Å². The van der Waals surface area contributed by atoms with Crippen LogP contribution < -0.4 is 0 Å². The third-order valence-corrected chi connectivity index (χ3v) is 2.39. The van der Waals surface area contributed by atoms with Gasteiger partial charge in [-0.3, -0.25) is 0 Å². The fraction of sp³-hybridized carbons (Fsp3) is 0.182. The molecule has 0 unspecified atom stereocenters. The lowest BCUT2D eigenvalue weighted by Gasteiger charge is -2.05. The Hall–Kier alpha value is -1.57. The van der Waals surface area contributed by atoms with Crippen LogP contribution in [0.25, 0.3) is 11.3 Å². The van der Waals surface area contributed by atoms with Crippen LogP contribution in [0.4, 0.5) is 0 Å². The Labute approximate surface area is 77.6 Å². The second-order valence-corrected chi connectivity index (χ2v) is 3.21. The second kappa shape index (κ2) is 3.05. The summed E-state index contributed by atoms with van der Waals surface area (Å²) in [5.41, 5.74) is 4.94. The molecule has 0 aliphatic carbocycles. The van der Waals surface area contributed by atoms with Crippen LogP contribution in [-0.4, -0.2) is 9.97 Å². The monoisotopic (exact) mass is 172 g/mol. The van der Waals surface area contributed by atoms with Crippen LogP contribution >= 0.6 is 0 Å². The summed E-state index contributed by atoms with van der Waals surface area (Å²) in [5, 5.41) is 0. The summed E-state index contributed by atoms with van der Waals surface area (Å²) in [6.45, 7) is 4.25. The van der Waals surface area contributed by atoms with Crippen molar-refractivity contribution in [3.05, 3.63) is 41.9 Å². The van der Waals surface area contributed by atoms with Crippen LogP contribution in [0.1, 0.15) is 11.1 Å². The van der Waals surface area contributed by atoms with E-state index in [2.05, 4.69) is 42.0 Å². The fourth-order valence-corrected chi connectivity index (χ4v) is 1.45. The zero-order chi connectivity index (χ0) is 9.26. The zero-order valence-corrected chi connectivity index (χ0v) is 7.83. The van der Waals surface area contributed by atoms with Gasteiger partial charge in [-0.2, -0.15) is 0 Å². The van der Waals surface area contributed by atoms with Crippen molar-refractivity contribution >= 4 is 0 Å². The molecule has 2 rings (SSSR count). The fourth-order valence-electron chi connectivity index (χ4n) is 1.45. The molecule has 1 N–H and O–H groups in total. The molecule has 0 bridgehead atoms. The first-order chi connectivity index (χ1) is 6.29. The summed E-state index contributed by atoms with van der Waals surface area (Å²) in [4.78, 5) is 7.12. The van der Waals surface area contributed by atoms with Crippen LogP contribution in [0, 0.1) is 13.8 Å². The van der Waals surface area contributed by atoms with Gasteiger partial charge in [0.05, 0.1) is 18.2 Å². The van der Waals surface area contributed by atoms with Crippen molar-refractivity contribution < 1.29 is 0 Å². The Morgan fingerprint density at radius 2 is 2.08 bits per heavy atom. The number of benzene rings is 1. The van der Waals surface area contributed by atoms with Crippen LogP contribution in [0.5, 0.6) is 0 Å². The largest absolute Gasteiger partial charge is 0.345 e. The molecule has 1 aromatic carbocycles. The first kappa shape index (κ1) is 8.05. The molecule has 0 aliphatic rings. The molecule has 0 atom stereocenters. The molecule has 13 heavy (non-hydrogen) atoms. The number of imidazole rings is 1. The van der Waals surface area contributed by atoms with Crippen molar-refractivity contribution in [3.63, 3.8) is 0 Å². The van der Waals surface area contributed by atoms with E-state index >= 15 is 0 Å². The van der Waals surface area contributed by atoms with Gasteiger partial charge in [0.1, 0.15) is 0 Å². The van der Waals surface area contributed by atoms with Gasteiger partial charge in [-0.05, 0) is 25.0 Å². The van der Waals surface area contributed by atoms with Crippen molar-refractivity contribution in [3.8, 4) is 11.3 Å². The Morgan fingerprint density at radius 1 is 1.23 bits per heavy atom. The number of hydrogen-bond acceptors (Lipinski definition) is 1. The second-order valence-electron chi connectivity index (χ2n) is 3.21. The Bertz CT molecular complexity index is 402. The number of aromatic nitrogens is 2. The minimum Gasteiger partial charge on any atom is -0.345 e. The molecule has 0 saturated carbocycles. The number of aromatic amines is 1. The highest BCUT2D eigenvalue weighted by molar-refractivity contribution is 5.64. The number of rotatable bonds is 1. The zero-order valence-electron chi connectivity index (χ0n) is 7.83. The lowest BCUT2D eigenvalue weighted by Crippen LogP contribution is -1.86. The molecular formula is C11H12N2. The topological polar surface area (TPSA) is 28.7 Å². The van der Waals surface area contributed by atoms with Crippen LogP contribution in [-0.2, 0) is 0 Å². The van der Waals surface area contributed by atoms with Gasteiger partial charge < -0.3 is 4.98 Å². The van der Waals surface area contributed by atoms with Gasteiger partial charge in [0, 0.05) is 5.56 Å². The van der Waals surface area contributed by atoms with E-state index in [0.29, 0.717) is 0 Å². The van der Waals surface area contributed by atoms with Crippen molar-refractivity contribution in [2.75, 3.05) is 0 Å². The average Bonchev–Trinajstić information content (AvgIpc) is 2.62. The van der Waals surface area contributed by atoms with Crippen LogP contribution in [0.3, 0.4) is 0 Å². The number of nitrogens with one attached hydrogen (secondary N) is 1. The van der Waals surface area contributed by atoms with Gasteiger partial charge in [0.2, 0.25) is 0 Å². The molecule has 2 aromatic rings. The maximum Gasteiger partial charge on any atom is 0.0924 e. The van der Waals surface area contributed by atoms with E-state index in [0.717, 1.165) is 5.69 Å². The Morgan fingerprint density at radius 3 is 2.77 bits per heavy atom. The van der Waals surface area contributed by atoms with Gasteiger partial charge in [-0.1, -0.05) is 18.2 Å². The highest BCUT2D eigenvalue weighted by atomic mass is 14.9. The molecule has 0 radical (unpaired) electrons. The van der Waals surface area contributed by atoms with Crippen LogP contribution in [0.15, 0.2) is 30.7 Å². The van der Waals surface area contributed by atoms with Gasteiger partial charge in [-0.25, -0.2) is 4.98 Å². The predicted octanol–water partition coefficient (Wildman–Crippen LogP) is 2.69. The molecular weight excluding hydrogens is 160 g/mol. The van der Waals surface area contributed by atoms with E-state index in [4.69, 9.17) is 0 Å².